The zero-order valence-electron chi connectivity index (χ0n) is 16.0. The third kappa shape index (κ3) is 4.74. The minimum absolute atomic E-state index is 0.0249. The number of anilines is 2. The van der Waals surface area contributed by atoms with Gasteiger partial charge in [-0.25, -0.2) is 4.79 Å². The van der Waals surface area contributed by atoms with E-state index in [1.54, 1.807) is 18.7 Å². The van der Waals surface area contributed by atoms with Crippen molar-refractivity contribution in [3.8, 4) is 0 Å². The number of carbonyl (C=O) groups excluding carboxylic acids is 3. The molecule has 0 unspecified atom stereocenters. The minimum Gasteiger partial charge on any atom is -0.447 e. The van der Waals surface area contributed by atoms with E-state index in [0.29, 0.717) is 6.42 Å². The molecule has 0 fully saturated rings. The number of ether oxygens (including phenoxy) is 1. The first kappa shape index (κ1) is 19.8. The lowest BCUT2D eigenvalue weighted by molar-refractivity contribution is -0.117. The summed E-state index contributed by atoms with van der Waals surface area (Å²) in [7, 11) is 0. The molecule has 1 aliphatic heterocycles. The summed E-state index contributed by atoms with van der Waals surface area (Å²) in [6.07, 6.45) is -0.120. The van der Waals surface area contributed by atoms with E-state index < -0.39 is 6.09 Å². The maximum Gasteiger partial charge on any atom is 0.407 e. The number of rotatable bonds is 5. The van der Waals surface area contributed by atoms with Gasteiger partial charge in [0.1, 0.15) is 5.78 Å². The summed E-state index contributed by atoms with van der Waals surface area (Å²) in [6, 6.07) is 5.22. The van der Waals surface area contributed by atoms with Gasteiger partial charge >= 0.3 is 6.09 Å². The number of nitrogens with zero attached hydrogens (tertiary/aromatic N) is 1. The molecule has 0 saturated carbocycles. The molecule has 0 aromatic heterocycles. The number of hydrogen-bond donors (Lipinski definition) is 2. The number of carbonyl (C=O) groups is 3. The van der Waals surface area contributed by atoms with Gasteiger partial charge in [-0.15, -0.1) is 0 Å². The standard InChI is InChI=1S/C19H27N3O4/c1-11(2)26-19(25)21-17-8-12(3)22(14(5)24)18-7-6-15(9-16(17)18)20-10-13(4)23/h6-7,9,11-12,17,20H,8,10H2,1-5H3,(H,21,25)/t12-,17+/m0/s1. The average Bonchev–Trinajstić information content (AvgIpc) is 2.51. The van der Waals surface area contributed by atoms with Gasteiger partial charge in [-0.1, -0.05) is 0 Å². The van der Waals surface area contributed by atoms with Crippen LogP contribution in [0.1, 0.15) is 52.6 Å². The molecule has 0 radical (unpaired) electrons. The van der Waals surface area contributed by atoms with Gasteiger partial charge in [-0.3, -0.25) is 9.59 Å². The molecule has 26 heavy (non-hydrogen) atoms. The zero-order valence-corrected chi connectivity index (χ0v) is 16.0. The SMILES string of the molecule is CC(=O)CNc1ccc2c(c1)[C@H](NC(=O)OC(C)C)C[C@H](C)N2C(C)=O. The lowest BCUT2D eigenvalue weighted by Gasteiger charge is -2.39. The van der Waals surface area contributed by atoms with Crippen LogP contribution in [-0.4, -0.2) is 36.5 Å². The molecule has 2 N–H and O–H groups in total. The lowest BCUT2D eigenvalue weighted by atomic mass is 9.91. The molecule has 1 aromatic rings. The Morgan fingerprint density at radius 2 is 1.96 bits per heavy atom. The molecule has 1 aromatic carbocycles. The van der Waals surface area contributed by atoms with Crippen LogP contribution in [0, 0.1) is 0 Å². The molecule has 2 rings (SSSR count). The van der Waals surface area contributed by atoms with E-state index >= 15 is 0 Å². The van der Waals surface area contributed by atoms with Gasteiger partial charge in [0.15, 0.2) is 0 Å². The van der Waals surface area contributed by atoms with Gasteiger partial charge in [0.05, 0.1) is 18.7 Å². The summed E-state index contributed by atoms with van der Waals surface area (Å²) in [5, 5.41) is 5.95. The van der Waals surface area contributed by atoms with E-state index in [9.17, 15) is 14.4 Å². The van der Waals surface area contributed by atoms with E-state index in [4.69, 9.17) is 4.74 Å². The van der Waals surface area contributed by atoms with Crippen LogP contribution in [0.4, 0.5) is 16.2 Å². The van der Waals surface area contributed by atoms with Crippen LogP contribution < -0.4 is 15.5 Å². The molecule has 0 bridgehead atoms. The Kier molecular flexibility index (Phi) is 6.23. The second-order valence-corrected chi connectivity index (χ2v) is 6.95. The highest BCUT2D eigenvalue weighted by Crippen LogP contribution is 2.38. The number of benzene rings is 1. The summed E-state index contributed by atoms with van der Waals surface area (Å²) in [5.41, 5.74) is 2.35. The summed E-state index contributed by atoms with van der Waals surface area (Å²) in [6.45, 7) is 8.80. The van der Waals surface area contributed by atoms with Crippen LogP contribution in [0.2, 0.25) is 0 Å². The Labute approximate surface area is 154 Å². The first-order valence-electron chi connectivity index (χ1n) is 8.83. The van der Waals surface area contributed by atoms with Gasteiger partial charge < -0.3 is 20.3 Å². The fourth-order valence-electron chi connectivity index (χ4n) is 3.21. The molecule has 0 spiro atoms. The highest BCUT2D eigenvalue weighted by Gasteiger charge is 2.33. The second-order valence-electron chi connectivity index (χ2n) is 6.95. The van der Waals surface area contributed by atoms with Crippen LogP contribution in [0.3, 0.4) is 0 Å². The van der Waals surface area contributed by atoms with E-state index in [1.807, 2.05) is 25.1 Å². The highest BCUT2D eigenvalue weighted by atomic mass is 16.6. The number of ketones is 1. The van der Waals surface area contributed by atoms with Crippen molar-refractivity contribution in [3.63, 3.8) is 0 Å². The van der Waals surface area contributed by atoms with E-state index in [1.165, 1.54) is 13.8 Å². The Bertz CT molecular complexity index is 702. The summed E-state index contributed by atoms with van der Waals surface area (Å²) >= 11 is 0. The zero-order chi connectivity index (χ0) is 19.4. The van der Waals surface area contributed by atoms with Gasteiger partial charge in [-0.05, 0) is 52.3 Å². The maximum absolute atomic E-state index is 12.1. The molecular formula is C19H27N3O4. The van der Waals surface area contributed by atoms with Crippen molar-refractivity contribution in [2.45, 2.75) is 59.2 Å². The number of hydrogen-bond acceptors (Lipinski definition) is 5. The fraction of sp³-hybridized carbons (Fsp3) is 0.526. The van der Waals surface area contributed by atoms with Gasteiger partial charge in [0, 0.05) is 29.9 Å². The van der Waals surface area contributed by atoms with Crippen molar-refractivity contribution in [1.82, 2.24) is 5.32 Å². The first-order valence-corrected chi connectivity index (χ1v) is 8.83. The molecule has 7 heteroatoms. The molecule has 2 atom stereocenters. The second kappa shape index (κ2) is 8.21. The van der Waals surface area contributed by atoms with E-state index in [0.717, 1.165) is 16.9 Å². The minimum atomic E-state index is -0.485. The normalized spacial score (nSPS) is 18.9. The number of fused-ring (bicyclic) bond motifs is 1. The van der Waals surface area contributed by atoms with Gasteiger partial charge in [-0.2, -0.15) is 0 Å². The molecule has 142 valence electrons. The van der Waals surface area contributed by atoms with Crippen molar-refractivity contribution in [1.29, 1.82) is 0 Å². The lowest BCUT2D eigenvalue weighted by Crippen LogP contribution is -2.45. The van der Waals surface area contributed by atoms with Crippen LogP contribution in [-0.2, 0) is 14.3 Å². The molecule has 7 nitrogen and oxygen atoms in total. The molecule has 1 aliphatic rings. The van der Waals surface area contributed by atoms with Crippen LogP contribution >= 0.6 is 0 Å². The Morgan fingerprint density at radius 1 is 1.27 bits per heavy atom. The summed E-state index contributed by atoms with van der Waals surface area (Å²) in [5.74, 6) is -0.0247. The van der Waals surface area contributed by atoms with Crippen LogP contribution in [0.15, 0.2) is 18.2 Å². The molecule has 2 amide bonds. The quantitative estimate of drug-likeness (QED) is 0.842. The van der Waals surface area contributed by atoms with Crippen molar-refractivity contribution in [2.75, 3.05) is 16.8 Å². The van der Waals surface area contributed by atoms with Crippen molar-refractivity contribution < 1.29 is 19.1 Å². The predicted molar refractivity (Wildman–Crippen MR) is 100 cm³/mol. The average molecular weight is 361 g/mol. The first-order chi connectivity index (χ1) is 12.2. The topological polar surface area (TPSA) is 87.7 Å². The Hall–Kier alpha value is -2.57. The highest BCUT2D eigenvalue weighted by molar-refractivity contribution is 5.94. The van der Waals surface area contributed by atoms with Gasteiger partial charge in [0.2, 0.25) is 5.91 Å². The largest absolute Gasteiger partial charge is 0.447 e. The fourth-order valence-corrected chi connectivity index (χ4v) is 3.21. The summed E-state index contributed by atoms with van der Waals surface area (Å²) in [4.78, 5) is 37.1. The smallest absolute Gasteiger partial charge is 0.407 e. The number of nitrogens with one attached hydrogen (secondary N) is 2. The maximum atomic E-state index is 12.1. The Balaban J connectivity index is 2.35. The molecule has 0 saturated heterocycles. The number of Topliss-reactive ketones (excluding diaryl/α,β-unsaturated/α-hetero) is 1. The van der Waals surface area contributed by atoms with E-state index in [-0.39, 0.29) is 36.4 Å². The van der Waals surface area contributed by atoms with Gasteiger partial charge in [0.25, 0.3) is 0 Å². The molecular weight excluding hydrogens is 334 g/mol. The van der Waals surface area contributed by atoms with Crippen LogP contribution in [0.5, 0.6) is 0 Å². The van der Waals surface area contributed by atoms with E-state index in [2.05, 4.69) is 10.6 Å². The van der Waals surface area contributed by atoms with Crippen molar-refractivity contribution in [3.05, 3.63) is 23.8 Å². The monoisotopic (exact) mass is 361 g/mol. The van der Waals surface area contributed by atoms with Crippen molar-refractivity contribution >= 4 is 29.2 Å². The predicted octanol–water partition coefficient (Wildman–Crippen LogP) is 3.01. The third-order valence-corrected chi connectivity index (χ3v) is 4.20. The number of amides is 2. The molecule has 1 heterocycles. The summed E-state index contributed by atoms with van der Waals surface area (Å²) < 4.78 is 5.20. The Morgan fingerprint density at radius 3 is 2.54 bits per heavy atom. The van der Waals surface area contributed by atoms with Crippen LogP contribution in [0.25, 0.3) is 0 Å². The molecule has 0 aliphatic carbocycles. The number of alkyl carbamates (subject to hydrolysis) is 1. The van der Waals surface area contributed by atoms with Crippen molar-refractivity contribution in [2.24, 2.45) is 0 Å². The third-order valence-electron chi connectivity index (χ3n) is 4.20.